The largest absolute Gasteiger partial charge is 0.391 e. The molecule has 1 saturated heterocycles. The van der Waals surface area contributed by atoms with Gasteiger partial charge in [0.1, 0.15) is 18.3 Å². The normalized spacial score (nSPS) is 33.6. The monoisotopic (exact) mass is 254 g/mol. The van der Waals surface area contributed by atoms with E-state index in [1.54, 1.807) is 0 Å². The number of benzene rings is 1. The second-order valence-corrected chi connectivity index (χ2v) is 4.48. The average Bonchev–Trinajstić information content (AvgIpc) is 2.64. The third kappa shape index (κ3) is 2.88. The predicted octanol–water partition coefficient (Wildman–Crippen LogP) is 0.0307. The summed E-state index contributed by atoms with van der Waals surface area (Å²) in [5.41, 5.74) is 0.942. The lowest BCUT2D eigenvalue weighted by atomic mass is 10.1. The fraction of sp³-hybridized carbons (Fsp3) is 0.538. The Hall–Kier alpha value is -0.980. The van der Waals surface area contributed by atoms with Crippen molar-refractivity contribution in [1.29, 1.82) is 0 Å². The molecule has 2 rings (SSSR count). The molecule has 100 valence electrons. The summed E-state index contributed by atoms with van der Waals surface area (Å²) in [4.78, 5) is 0. The molecule has 0 aromatic heterocycles. The molecule has 0 unspecified atom stereocenters. The van der Waals surface area contributed by atoms with Crippen LogP contribution in [0.3, 0.4) is 0 Å². The third-order valence-corrected chi connectivity index (χ3v) is 3.01. The van der Waals surface area contributed by atoms with Crippen molar-refractivity contribution in [2.24, 2.45) is 0 Å². The van der Waals surface area contributed by atoms with Crippen molar-refractivity contribution >= 4 is 0 Å². The minimum atomic E-state index is -1.22. The standard InChI is InChI=1S/C13H18O5/c1-8(14)11-10(15)12(13(16)18-11)17-7-9-5-3-2-4-6-9/h2-6,8,10-16H,7H2,1H3/t8-,10-,11-,12-,13+/m1/s1. The van der Waals surface area contributed by atoms with Gasteiger partial charge in [0.2, 0.25) is 0 Å². The van der Waals surface area contributed by atoms with E-state index in [1.807, 2.05) is 30.3 Å². The Labute approximate surface area is 106 Å². The highest BCUT2D eigenvalue weighted by atomic mass is 16.7. The van der Waals surface area contributed by atoms with Crippen LogP contribution in [0.25, 0.3) is 0 Å². The summed E-state index contributed by atoms with van der Waals surface area (Å²) >= 11 is 0. The second kappa shape index (κ2) is 5.77. The van der Waals surface area contributed by atoms with Crippen molar-refractivity contribution in [1.82, 2.24) is 0 Å². The van der Waals surface area contributed by atoms with E-state index in [0.717, 1.165) is 5.56 Å². The summed E-state index contributed by atoms with van der Waals surface area (Å²) in [6.45, 7) is 1.77. The second-order valence-electron chi connectivity index (χ2n) is 4.48. The molecule has 1 aliphatic rings. The Kier molecular flexibility index (Phi) is 4.31. The van der Waals surface area contributed by atoms with Crippen LogP contribution in [0.15, 0.2) is 30.3 Å². The van der Waals surface area contributed by atoms with Crippen molar-refractivity contribution in [3.05, 3.63) is 35.9 Å². The molecule has 0 amide bonds. The van der Waals surface area contributed by atoms with Crippen LogP contribution in [0.2, 0.25) is 0 Å². The molecule has 5 atom stereocenters. The smallest absolute Gasteiger partial charge is 0.184 e. The molecular weight excluding hydrogens is 236 g/mol. The Morgan fingerprint density at radius 2 is 1.94 bits per heavy atom. The average molecular weight is 254 g/mol. The summed E-state index contributed by atoms with van der Waals surface area (Å²) in [5.74, 6) is 0. The van der Waals surface area contributed by atoms with Gasteiger partial charge in [0, 0.05) is 0 Å². The van der Waals surface area contributed by atoms with Crippen LogP contribution in [0.5, 0.6) is 0 Å². The molecule has 18 heavy (non-hydrogen) atoms. The minimum absolute atomic E-state index is 0.273. The first-order chi connectivity index (χ1) is 8.59. The van der Waals surface area contributed by atoms with Crippen LogP contribution in [0.4, 0.5) is 0 Å². The number of hydrogen-bond acceptors (Lipinski definition) is 5. The van der Waals surface area contributed by atoms with Gasteiger partial charge in [-0.25, -0.2) is 0 Å². The third-order valence-electron chi connectivity index (χ3n) is 3.01. The van der Waals surface area contributed by atoms with Crippen molar-refractivity contribution < 1.29 is 24.8 Å². The zero-order valence-corrected chi connectivity index (χ0v) is 10.1. The molecule has 1 aromatic rings. The zero-order chi connectivity index (χ0) is 13.1. The topological polar surface area (TPSA) is 79.2 Å². The van der Waals surface area contributed by atoms with Crippen molar-refractivity contribution in [2.45, 2.75) is 44.2 Å². The van der Waals surface area contributed by atoms with Gasteiger partial charge in [-0.15, -0.1) is 0 Å². The maximum Gasteiger partial charge on any atom is 0.184 e. The number of hydrogen-bond donors (Lipinski definition) is 3. The molecule has 0 spiro atoms. The van der Waals surface area contributed by atoms with E-state index in [-0.39, 0.29) is 6.61 Å². The fourth-order valence-electron chi connectivity index (χ4n) is 2.02. The highest BCUT2D eigenvalue weighted by Gasteiger charge is 2.45. The van der Waals surface area contributed by atoms with Crippen LogP contribution in [-0.2, 0) is 16.1 Å². The number of rotatable bonds is 4. The molecule has 0 bridgehead atoms. The van der Waals surface area contributed by atoms with E-state index < -0.39 is 30.7 Å². The lowest BCUT2D eigenvalue weighted by molar-refractivity contribution is -0.156. The number of aliphatic hydroxyl groups excluding tert-OH is 3. The molecule has 0 saturated carbocycles. The van der Waals surface area contributed by atoms with Crippen molar-refractivity contribution in [3.8, 4) is 0 Å². The molecule has 5 nitrogen and oxygen atoms in total. The molecule has 1 fully saturated rings. The van der Waals surface area contributed by atoms with Gasteiger partial charge in [-0.2, -0.15) is 0 Å². The maximum absolute atomic E-state index is 9.90. The van der Waals surface area contributed by atoms with E-state index in [4.69, 9.17) is 9.47 Å². The van der Waals surface area contributed by atoms with E-state index >= 15 is 0 Å². The van der Waals surface area contributed by atoms with Gasteiger partial charge in [0.15, 0.2) is 6.29 Å². The Morgan fingerprint density at radius 1 is 1.28 bits per heavy atom. The first-order valence-electron chi connectivity index (χ1n) is 5.95. The van der Waals surface area contributed by atoms with Crippen LogP contribution in [0.1, 0.15) is 12.5 Å². The maximum atomic E-state index is 9.90. The van der Waals surface area contributed by atoms with Gasteiger partial charge in [-0.3, -0.25) is 0 Å². The summed E-state index contributed by atoms with van der Waals surface area (Å²) < 4.78 is 10.5. The van der Waals surface area contributed by atoms with E-state index in [9.17, 15) is 15.3 Å². The Morgan fingerprint density at radius 3 is 2.50 bits per heavy atom. The highest BCUT2D eigenvalue weighted by molar-refractivity contribution is 5.13. The van der Waals surface area contributed by atoms with Gasteiger partial charge in [0.25, 0.3) is 0 Å². The van der Waals surface area contributed by atoms with Crippen LogP contribution < -0.4 is 0 Å². The summed E-state index contributed by atoms with van der Waals surface area (Å²) in [7, 11) is 0. The summed E-state index contributed by atoms with van der Waals surface area (Å²) in [6, 6.07) is 9.45. The fourth-order valence-corrected chi connectivity index (χ4v) is 2.02. The van der Waals surface area contributed by atoms with Gasteiger partial charge in [0.05, 0.1) is 12.7 Å². The molecule has 1 aromatic carbocycles. The summed E-state index contributed by atoms with van der Waals surface area (Å²) in [6.07, 6.45) is -4.78. The highest BCUT2D eigenvalue weighted by Crippen LogP contribution is 2.25. The molecule has 0 radical (unpaired) electrons. The van der Waals surface area contributed by atoms with Crippen molar-refractivity contribution in [3.63, 3.8) is 0 Å². The van der Waals surface area contributed by atoms with E-state index in [2.05, 4.69) is 0 Å². The van der Waals surface area contributed by atoms with Gasteiger partial charge in [-0.05, 0) is 12.5 Å². The predicted molar refractivity (Wildman–Crippen MR) is 63.6 cm³/mol. The lowest BCUT2D eigenvalue weighted by Gasteiger charge is -2.19. The zero-order valence-electron chi connectivity index (χ0n) is 10.1. The van der Waals surface area contributed by atoms with Gasteiger partial charge in [-0.1, -0.05) is 30.3 Å². The molecule has 1 aliphatic heterocycles. The SMILES string of the molecule is C[C@@H](O)[C@H]1O[C@H](O)[C@H](OCc2ccccc2)[C@@H]1O. The number of ether oxygens (including phenoxy) is 2. The Balaban J connectivity index is 1.93. The number of aliphatic hydroxyl groups is 3. The minimum Gasteiger partial charge on any atom is -0.391 e. The molecule has 1 heterocycles. The van der Waals surface area contributed by atoms with E-state index in [1.165, 1.54) is 6.92 Å². The molecular formula is C13H18O5. The van der Waals surface area contributed by atoms with Crippen LogP contribution in [-0.4, -0.2) is 46.0 Å². The Bertz CT molecular complexity index is 367. The van der Waals surface area contributed by atoms with Gasteiger partial charge >= 0.3 is 0 Å². The van der Waals surface area contributed by atoms with Crippen LogP contribution >= 0.6 is 0 Å². The van der Waals surface area contributed by atoms with Crippen LogP contribution in [0, 0.1) is 0 Å². The van der Waals surface area contributed by atoms with E-state index in [0.29, 0.717) is 0 Å². The molecule has 0 aliphatic carbocycles. The molecule has 3 N–H and O–H groups in total. The summed E-state index contributed by atoms with van der Waals surface area (Å²) in [5, 5.41) is 28.9. The van der Waals surface area contributed by atoms with Gasteiger partial charge < -0.3 is 24.8 Å². The quantitative estimate of drug-likeness (QED) is 0.706. The first-order valence-corrected chi connectivity index (χ1v) is 5.95. The first kappa shape index (κ1) is 13.5. The van der Waals surface area contributed by atoms with Crippen molar-refractivity contribution in [2.75, 3.05) is 0 Å². The lowest BCUT2D eigenvalue weighted by Crippen LogP contribution is -2.39. The molecule has 5 heteroatoms.